The van der Waals surface area contributed by atoms with Gasteiger partial charge in [0.15, 0.2) is 0 Å². The highest BCUT2D eigenvalue weighted by Gasteiger charge is 2.52. The van der Waals surface area contributed by atoms with Gasteiger partial charge in [-0.1, -0.05) is 32.4 Å². The third-order valence-corrected chi connectivity index (χ3v) is 5.50. The first kappa shape index (κ1) is 15.3. The van der Waals surface area contributed by atoms with E-state index in [2.05, 4.69) is 57.7 Å². The van der Waals surface area contributed by atoms with Gasteiger partial charge in [-0.15, -0.1) is 6.58 Å². The second-order valence-corrected chi connectivity index (χ2v) is 6.80. The molecule has 0 amide bonds. The summed E-state index contributed by atoms with van der Waals surface area (Å²) >= 11 is 0. The summed E-state index contributed by atoms with van der Waals surface area (Å²) in [6.45, 7) is 10.6. The molecular formula is C21H27N. The number of aromatic nitrogens is 1. The first-order valence-corrected chi connectivity index (χ1v) is 8.66. The molecule has 1 heterocycles. The second kappa shape index (κ2) is 5.87. The lowest BCUT2D eigenvalue weighted by Crippen LogP contribution is -2.10. The lowest BCUT2D eigenvalue weighted by molar-refractivity contribution is 0.550. The van der Waals surface area contributed by atoms with E-state index in [-0.39, 0.29) is 0 Å². The molecule has 3 rings (SSSR count). The summed E-state index contributed by atoms with van der Waals surface area (Å²) < 4.78 is 0. The maximum atomic E-state index is 4.71. The molecular weight excluding hydrogens is 266 g/mol. The van der Waals surface area contributed by atoms with E-state index in [1.165, 1.54) is 35.8 Å². The van der Waals surface area contributed by atoms with E-state index in [9.17, 15) is 0 Å². The minimum absolute atomic E-state index is 0.396. The molecule has 22 heavy (non-hydrogen) atoms. The number of hydrogen-bond acceptors (Lipinski definition) is 1. The fraction of sp³-hybridized carbons (Fsp3) is 0.476. The molecule has 1 saturated carbocycles. The normalized spacial score (nSPS) is 23.7. The van der Waals surface area contributed by atoms with Gasteiger partial charge in [0.05, 0.1) is 5.52 Å². The van der Waals surface area contributed by atoms with E-state index in [4.69, 9.17) is 4.98 Å². The van der Waals surface area contributed by atoms with Crippen molar-refractivity contribution in [2.24, 2.45) is 5.92 Å². The van der Waals surface area contributed by atoms with E-state index < -0.39 is 0 Å². The Morgan fingerprint density at radius 3 is 2.77 bits per heavy atom. The highest BCUT2D eigenvalue weighted by molar-refractivity contribution is 5.83. The molecule has 0 bridgehead atoms. The molecule has 1 aliphatic rings. The SMILES string of the molecule is C=CCCC1(c2ccc3nc(C)cc(CC)c3c2)CC1CC. The smallest absolute Gasteiger partial charge is 0.0708 e. The van der Waals surface area contributed by atoms with Crippen molar-refractivity contribution >= 4 is 10.9 Å². The Kier molecular flexibility index (Phi) is 4.08. The first-order valence-electron chi connectivity index (χ1n) is 8.66. The highest BCUT2D eigenvalue weighted by atomic mass is 14.7. The minimum atomic E-state index is 0.396. The zero-order valence-corrected chi connectivity index (χ0v) is 14.2. The van der Waals surface area contributed by atoms with Gasteiger partial charge in [0.2, 0.25) is 0 Å². The quantitative estimate of drug-likeness (QED) is 0.619. The van der Waals surface area contributed by atoms with Gasteiger partial charge in [-0.05, 0) is 73.3 Å². The van der Waals surface area contributed by atoms with E-state index in [1.54, 1.807) is 0 Å². The lowest BCUT2D eigenvalue weighted by Gasteiger charge is -2.19. The van der Waals surface area contributed by atoms with Gasteiger partial charge < -0.3 is 0 Å². The van der Waals surface area contributed by atoms with Crippen LogP contribution in [0.3, 0.4) is 0 Å². The average molecular weight is 293 g/mol. The van der Waals surface area contributed by atoms with Crippen LogP contribution in [-0.4, -0.2) is 4.98 Å². The average Bonchev–Trinajstić information content (AvgIpc) is 3.26. The van der Waals surface area contributed by atoms with Crippen LogP contribution in [0.25, 0.3) is 10.9 Å². The summed E-state index contributed by atoms with van der Waals surface area (Å²) in [5, 5.41) is 1.35. The van der Waals surface area contributed by atoms with Gasteiger partial charge in [-0.2, -0.15) is 0 Å². The van der Waals surface area contributed by atoms with Crippen molar-refractivity contribution in [2.75, 3.05) is 0 Å². The minimum Gasteiger partial charge on any atom is -0.253 e. The van der Waals surface area contributed by atoms with Crippen molar-refractivity contribution < 1.29 is 0 Å². The van der Waals surface area contributed by atoms with E-state index in [0.29, 0.717) is 5.41 Å². The van der Waals surface area contributed by atoms with Crippen molar-refractivity contribution in [1.82, 2.24) is 4.98 Å². The van der Waals surface area contributed by atoms with Crippen LogP contribution < -0.4 is 0 Å². The Balaban J connectivity index is 2.07. The molecule has 0 N–H and O–H groups in total. The van der Waals surface area contributed by atoms with Crippen LogP contribution in [0.1, 0.15) is 56.4 Å². The van der Waals surface area contributed by atoms with Gasteiger partial charge in [-0.3, -0.25) is 4.98 Å². The highest BCUT2D eigenvalue weighted by Crippen LogP contribution is 2.59. The monoisotopic (exact) mass is 293 g/mol. The Bertz CT molecular complexity index is 700. The van der Waals surface area contributed by atoms with Crippen LogP contribution in [0, 0.1) is 12.8 Å². The second-order valence-electron chi connectivity index (χ2n) is 6.80. The molecule has 0 aliphatic heterocycles. The van der Waals surface area contributed by atoms with Crippen LogP contribution >= 0.6 is 0 Å². The standard InChI is InChI=1S/C21H27N/c1-5-8-11-21(14-17(21)7-3)18-9-10-20-19(13-18)16(6-2)12-15(4)22-20/h5,9-10,12-13,17H,1,6-8,11,14H2,2-4H3. The molecule has 2 atom stereocenters. The number of nitrogens with zero attached hydrogens (tertiary/aromatic N) is 1. The lowest BCUT2D eigenvalue weighted by atomic mass is 9.86. The zero-order valence-electron chi connectivity index (χ0n) is 14.2. The van der Waals surface area contributed by atoms with Gasteiger partial charge in [-0.25, -0.2) is 0 Å². The van der Waals surface area contributed by atoms with Crippen LogP contribution in [0.2, 0.25) is 0 Å². The summed E-state index contributed by atoms with van der Waals surface area (Å²) in [6.07, 6.45) is 8.10. The third kappa shape index (κ3) is 2.47. The van der Waals surface area contributed by atoms with E-state index in [1.807, 2.05) is 0 Å². The molecule has 1 aromatic heterocycles. The molecule has 1 aromatic carbocycles. The Morgan fingerprint density at radius 2 is 2.14 bits per heavy atom. The maximum Gasteiger partial charge on any atom is 0.0708 e. The molecule has 2 aromatic rings. The third-order valence-electron chi connectivity index (χ3n) is 5.50. The molecule has 1 nitrogen and oxygen atoms in total. The maximum absolute atomic E-state index is 4.71. The van der Waals surface area contributed by atoms with Gasteiger partial charge in [0, 0.05) is 11.1 Å². The van der Waals surface area contributed by atoms with E-state index in [0.717, 1.165) is 30.0 Å². The van der Waals surface area contributed by atoms with Crippen molar-refractivity contribution in [3.63, 3.8) is 0 Å². The predicted octanol–water partition coefficient (Wildman–Crippen LogP) is 5.74. The Hall–Kier alpha value is -1.63. The summed E-state index contributed by atoms with van der Waals surface area (Å²) in [5.41, 5.74) is 5.61. The molecule has 1 fully saturated rings. The van der Waals surface area contributed by atoms with Crippen LogP contribution in [0.5, 0.6) is 0 Å². The molecule has 0 saturated heterocycles. The summed E-state index contributed by atoms with van der Waals surface area (Å²) in [7, 11) is 0. The number of rotatable bonds is 6. The molecule has 116 valence electrons. The van der Waals surface area contributed by atoms with Crippen molar-refractivity contribution in [2.45, 2.75) is 58.3 Å². The number of hydrogen-bond donors (Lipinski definition) is 0. The number of fused-ring (bicyclic) bond motifs is 1. The summed E-state index contributed by atoms with van der Waals surface area (Å²) in [4.78, 5) is 4.71. The molecule has 2 unspecified atom stereocenters. The number of aryl methyl sites for hydroxylation is 2. The Morgan fingerprint density at radius 1 is 1.32 bits per heavy atom. The largest absolute Gasteiger partial charge is 0.253 e. The van der Waals surface area contributed by atoms with Crippen molar-refractivity contribution in [3.05, 3.63) is 53.7 Å². The van der Waals surface area contributed by atoms with Crippen molar-refractivity contribution in [1.29, 1.82) is 0 Å². The van der Waals surface area contributed by atoms with Crippen LogP contribution in [-0.2, 0) is 11.8 Å². The fourth-order valence-corrected chi connectivity index (χ4v) is 4.12. The zero-order chi connectivity index (χ0) is 15.7. The predicted molar refractivity (Wildman–Crippen MR) is 95.4 cm³/mol. The number of allylic oxidation sites excluding steroid dienone is 1. The van der Waals surface area contributed by atoms with Crippen LogP contribution in [0.15, 0.2) is 36.9 Å². The fourth-order valence-electron chi connectivity index (χ4n) is 4.12. The first-order chi connectivity index (χ1) is 10.6. The van der Waals surface area contributed by atoms with Gasteiger partial charge in [0.1, 0.15) is 0 Å². The van der Waals surface area contributed by atoms with Gasteiger partial charge in [0.25, 0.3) is 0 Å². The number of pyridine rings is 1. The van der Waals surface area contributed by atoms with Crippen LogP contribution in [0.4, 0.5) is 0 Å². The number of benzene rings is 1. The summed E-state index contributed by atoms with van der Waals surface area (Å²) in [5.74, 6) is 0.841. The molecule has 1 heteroatoms. The Labute approximate surface area is 134 Å². The van der Waals surface area contributed by atoms with E-state index >= 15 is 0 Å². The molecule has 0 spiro atoms. The molecule has 0 radical (unpaired) electrons. The topological polar surface area (TPSA) is 12.9 Å². The van der Waals surface area contributed by atoms with Crippen molar-refractivity contribution in [3.8, 4) is 0 Å². The van der Waals surface area contributed by atoms with Gasteiger partial charge >= 0.3 is 0 Å². The summed E-state index contributed by atoms with van der Waals surface area (Å²) in [6, 6.07) is 9.23. The molecule has 1 aliphatic carbocycles.